The molecule has 4 aromatic rings. The first-order valence-corrected chi connectivity index (χ1v) is 8.66. The van der Waals surface area contributed by atoms with Crippen molar-refractivity contribution in [1.82, 2.24) is 20.6 Å². The van der Waals surface area contributed by atoms with E-state index in [9.17, 15) is 0 Å². The molecule has 0 saturated heterocycles. The van der Waals surface area contributed by atoms with Gasteiger partial charge >= 0.3 is 0 Å². The quantitative estimate of drug-likeness (QED) is 0.549. The summed E-state index contributed by atoms with van der Waals surface area (Å²) in [4.78, 5) is 0. The van der Waals surface area contributed by atoms with Gasteiger partial charge in [-0.05, 0) is 57.0 Å². The molecule has 5 heteroatoms. The van der Waals surface area contributed by atoms with Crippen molar-refractivity contribution in [3.8, 4) is 16.9 Å². The van der Waals surface area contributed by atoms with Crippen molar-refractivity contribution in [3.05, 3.63) is 95.8 Å². The van der Waals surface area contributed by atoms with E-state index in [2.05, 4.69) is 51.0 Å². The average Bonchev–Trinajstić information content (AvgIpc) is 3.26. The summed E-state index contributed by atoms with van der Waals surface area (Å²) in [5.74, 6) is 1.47. The summed E-state index contributed by atoms with van der Waals surface area (Å²) in [7, 11) is 0. The van der Waals surface area contributed by atoms with Crippen molar-refractivity contribution >= 4 is 12.2 Å². The summed E-state index contributed by atoms with van der Waals surface area (Å²) < 4.78 is 5.93. The Balaban J connectivity index is 1.39. The lowest BCUT2D eigenvalue weighted by Crippen LogP contribution is -1.95. The molecule has 5 nitrogen and oxygen atoms in total. The molecule has 3 aromatic carbocycles. The van der Waals surface area contributed by atoms with Gasteiger partial charge in [-0.1, -0.05) is 66.7 Å². The number of hydrogen-bond donors (Lipinski definition) is 1. The first-order valence-electron chi connectivity index (χ1n) is 8.66. The molecule has 0 amide bonds. The maximum Gasteiger partial charge on any atom is 0.172 e. The zero-order valence-electron chi connectivity index (χ0n) is 14.6. The first kappa shape index (κ1) is 16.7. The Morgan fingerprint density at radius 1 is 0.815 bits per heavy atom. The van der Waals surface area contributed by atoms with Gasteiger partial charge in [-0.25, -0.2) is 5.10 Å². The minimum absolute atomic E-state index is 0.510. The number of nitrogens with zero attached hydrogens (tertiary/aromatic N) is 3. The van der Waals surface area contributed by atoms with Crippen molar-refractivity contribution in [1.29, 1.82) is 0 Å². The highest BCUT2D eigenvalue weighted by Gasteiger charge is 2.00. The Morgan fingerprint density at radius 2 is 1.63 bits per heavy atom. The van der Waals surface area contributed by atoms with E-state index in [0.29, 0.717) is 12.4 Å². The van der Waals surface area contributed by atoms with Crippen LogP contribution in [0.25, 0.3) is 23.3 Å². The molecule has 1 N–H and O–H groups in total. The van der Waals surface area contributed by atoms with E-state index in [4.69, 9.17) is 4.74 Å². The van der Waals surface area contributed by atoms with Gasteiger partial charge in [0.15, 0.2) is 5.82 Å². The van der Waals surface area contributed by atoms with Gasteiger partial charge in [0.1, 0.15) is 12.4 Å². The van der Waals surface area contributed by atoms with Crippen molar-refractivity contribution in [3.63, 3.8) is 0 Å². The minimum atomic E-state index is 0.510. The van der Waals surface area contributed by atoms with Gasteiger partial charge in [0.2, 0.25) is 0 Å². The van der Waals surface area contributed by atoms with E-state index in [-0.39, 0.29) is 0 Å². The zero-order chi connectivity index (χ0) is 18.3. The number of tetrazole rings is 1. The maximum atomic E-state index is 5.93. The second-order valence-corrected chi connectivity index (χ2v) is 6.04. The number of benzene rings is 3. The van der Waals surface area contributed by atoms with E-state index >= 15 is 0 Å². The van der Waals surface area contributed by atoms with E-state index in [1.54, 1.807) is 0 Å². The normalized spacial score (nSPS) is 11.0. The number of nitrogens with one attached hydrogen (secondary N) is 1. The Morgan fingerprint density at radius 3 is 2.41 bits per heavy atom. The Hall–Kier alpha value is -3.73. The Kier molecular flexibility index (Phi) is 5.02. The van der Waals surface area contributed by atoms with Crippen LogP contribution in [0.1, 0.15) is 17.0 Å². The van der Waals surface area contributed by atoms with Crippen LogP contribution in [0, 0.1) is 0 Å². The molecule has 0 aliphatic rings. The largest absolute Gasteiger partial charge is 0.489 e. The lowest BCUT2D eigenvalue weighted by Gasteiger charge is -2.08. The van der Waals surface area contributed by atoms with Gasteiger partial charge in [0, 0.05) is 0 Å². The fraction of sp³-hybridized carbons (Fsp3) is 0.0455. The molecule has 1 aromatic heterocycles. The lowest BCUT2D eigenvalue weighted by atomic mass is 10.1. The third-order valence-corrected chi connectivity index (χ3v) is 4.11. The van der Waals surface area contributed by atoms with Crippen molar-refractivity contribution in [2.24, 2.45) is 0 Å². The van der Waals surface area contributed by atoms with E-state index in [1.807, 2.05) is 60.7 Å². The van der Waals surface area contributed by atoms with Crippen molar-refractivity contribution < 1.29 is 4.74 Å². The van der Waals surface area contributed by atoms with Crippen LogP contribution in [0.4, 0.5) is 0 Å². The minimum Gasteiger partial charge on any atom is -0.489 e. The highest BCUT2D eigenvalue weighted by atomic mass is 16.5. The molecular formula is C22H18N4O. The number of aromatic nitrogens is 4. The van der Waals surface area contributed by atoms with Gasteiger partial charge in [0.05, 0.1) is 0 Å². The van der Waals surface area contributed by atoms with Crippen LogP contribution in [-0.2, 0) is 6.61 Å². The van der Waals surface area contributed by atoms with Crippen LogP contribution in [0.2, 0.25) is 0 Å². The van der Waals surface area contributed by atoms with Gasteiger partial charge in [-0.15, -0.1) is 5.10 Å². The molecule has 0 fully saturated rings. The molecule has 0 radical (unpaired) electrons. The van der Waals surface area contributed by atoms with Crippen LogP contribution >= 0.6 is 0 Å². The van der Waals surface area contributed by atoms with E-state index in [1.165, 1.54) is 11.1 Å². The summed E-state index contributed by atoms with van der Waals surface area (Å²) >= 11 is 0. The third-order valence-electron chi connectivity index (χ3n) is 4.11. The van der Waals surface area contributed by atoms with Crippen molar-refractivity contribution in [2.45, 2.75) is 6.61 Å². The van der Waals surface area contributed by atoms with Crippen LogP contribution in [0.3, 0.4) is 0 Å². The summed E-state index contributed by atoms with van der Waals surface area (Å²) in [6.07, 6.45) is 3.79. The average molecular weight is 354 g/mol. The van der Waals surface area contributed by atoms with Crippen LogP contribution in [-0.4, -0.2) is 20.6 Å². The second kappa shape index (κ2) is 8.10. The summed E-state index contributed by atoms with van der Waals surface area (Å²) in [5.41, 5.74) is 4.54. The predicted molar refractivity (Wildman–Crippen MR) is 106 cm³/mol. The standard InChI is InChI=1S/C22H18N4O/c1-2-7-19(8-3-1)20-10-12-21(13-11-20)27-16-18-6-4-5-17(15-18)9-14-22-23-25-26-24-22/h1-15H,16H2,(H,23,24,25,26)/b14-9+. The Bertz CT molecular complexity index is 1010. The van der Waals surface area contributed by atoms with E-state index in [0.717, 1.165) is 16.9 Å². The van der Waals surface area contributed by atoms with Crippen LogP contribution < -0.4 is 4.74 Å². The lowest BCUT2D eigenvalue weighted by molar-refractivity contribution is 0.306. The molecule has 1 heterocycles. The summed E-state index contributed by atoms with van der Waals surface area (Å²) in [5, 5.41) is 13.6. The molecule has 0 bridgehead atoms. The monoisotopic (exact) mass is 354 g/mol. The van der Waals surface area contributed by atoms with Crippen LogP contribution in [0.15, 0.2) is 78.9 Å². The maximum absolute atomic E-state index is 5.93. The first-order chi connectivity index (χ1) is 13.4. The smallest absolute Gasteiger partial charge is 0.172 e. The fourth-order valence-electron chi connectivity index (χ4n) is 2.74. The number of ether oxygens (including phenoxy) is 1. The SMILES string of the molecule is C(=C\c1nnn[nH]1)/c1cccc(COc2ccc(-c3ccccc3)cc2)c1. The van der Waals surface area contributed by atoms with E-state index < -0.39 is 0 Å². The van der Waals surface area contributed by atoms with Crippen LogP contribution in [0.5, 0.6) is 5.75 Å². The molecule has 0 aliphatic carbocycles. The molecular weight excluding hydrogens is 336 g/mol. The summed E-state index contributed by atoms with van der Waals surface area (Å²) in [6.45, 7) is 0.510. The highest BCUT2D eigenvalue weighted by molar-refractivity contribution is 5.66. The molecule has 4 rings (SSSR count). The summed E-state index contributed by atoms with van der Waals surface area (Å²) in [6, 6.07) is 26.6. The Labute approximate surface area is 157 Å². The number of H-pyrrole nitrogens is 1. The zero-order valence-corrected chi connectivity index (χ0v) is 14.6. The number of rotatable bonds is 6. The molecule has 0 spiro atoms. The fourth-order valence-corrected chi connectivity index (χ4v) is 2.74. The van der Waals surface area contributed by atoms with Gasteiger partial charge in [-0.2, -0.15) is 0 Å². The molecule has 0 unspecified atom stereocenters. The second-order valence-electron chi connectivity index (χ2n) is 6.04. The third kappa shape index (κ3) is 4.46. The predicted octanol–water partition coefficient (Wildman–Crippen LogP) is 4.62. The number of aromatic amines is 1. The van der Waals surface area contributed by atoms with Gasteiger partial charge in [-0.3, -0.25) is 0 Å². The van der Waals surface area contributed by atoms with Gasteiger partial charge in [0.25, 0.3) is 0 Å². The van der Waals surface area contributed by atoms with Crippen molar-refractivity contribution in [2.75, 3.05) is 0 Å². The molecule has 0 saturated carbocycles. The molecule has 0 aliphatic heterocycles. The molecule has 0 atom stereocenters. The molecule has 27 heavy (non-hydrogen) atoms. The molecule has 132 valence electrons. The number of hydrogen-bond acceptors (Lipinski definition) is 4. The highest BCUT2D eigenvalue weighted by Crippen LogP contribution is 2.22. The van der Waals surface area contributed by atoms with Gasteiger partial charge < -0.3 is 4.74 Å². The topological polar surface area (TPSA) is 63.7 Å².